The fourth-order valence-corrected chi connectivity index (χ4v) is 3.49. The molecule has 0 heterocycles. The van der Waals surface area contributed by atoms with Crippen molar-refractivity contribution in [3.8, 4) is 0 Å². The maximum Gasteiger partial charge on any atom is 0.303 e. The minimum Gasteiger partial charge on any atom is -0.481 e. The number of aryl methyl sites for hydroxylation is 1. The van der Waals surface area contributed by atoms with Crippen LogP contribution in [0.3, 0.4) is 0 Å². The van der Waals surface area contributed by atoms with Crippen LogP contribution in [0.1, 0.15) is 69.4 Å². The molecule has 2 rings (SSSR count). The third-order valence-corrected chi connectivity index (χ3v) is 5.34. The molecule has 0 radical (unpaired) electrons. The van der Waals surface area contributed by atoms with E-state index in [0.29, 0.717) is 12.0 Å². The summed E-state index contributed by atoms with van der Waals surface area (Å²) < 4.78 is 28.2. The van der Waals surface area contributed by atoms with Gasteiger partial charge in [0.05, 0.1) is 6.10 Å². The van der Waals surface area contributed by atoms with E-state index in [0.717, 1.165) is 11.6 Å². The highest BCUT2D eigenvalue weighted by Crippen LogP contribution is 2.25. The lowest BCUT2D eigenvalue weighted by Crippen LogP contribution is -2.43. The summed E-state index contributed by atoms with van der Waals surface area (Å²) in [6, 6.07) is 10.7. The number of rotatable bonds is 9. The molecule has 31 heavy (non-hydrogen) atoms. The van der Waals surface area contributed by atoms with Gasteiger partial charge in [-0.05, 0) is 60.9 Å². The van der Waals surface area contributed by atoms with Gasteiger partial charge in [-0.1, -0.05) is 45.0 Å². The smallest absolute Gasteiger partial charge is 0.303 e. The van der Waals surface area contributed by atoms with E-state index in [1.165, 1.54) is 11.6 Å². The van der Waals surface area contributed by atoms with Crippen LogP contribution in [0.5, 0.6) is 0 Å². The molecular weight excluding hydrogens is 400 g/mol. The van der Waals surface area contributed by atoms with Crippen molar-refractivity contribution in [3.63, 3.8) is 0 Å². The third-order valence-electron chi connectivity index (χ3n) is 5.34. The number of β-amino-alcohol motifs (C(OH)–C–C–N with tert-alkyl or cyclic N) is 1. The molecule has 1 atom stereocenters. The number of aliphatic carboxylic acids is 1. The summed E-state index contributed by atoms with van der Waals surface area (Å²) >= 11 is 0. The van der Waals surface area contributed by atoms with Crippen LogP contribution in [0, 0.1) is 11.6 Å². The quantitative estimate of drug-likeness (QED) is 0.525. The molecular formula is C25H33F2NO3. The lowest BCUT2D eigenvalue weighted by molar-refractivity contribution is -0.136. The fourth-order valence-electron chi connectivity index (χ4n) is 3.49. The second kappa shape index (κ2) is 9.88. The summed E-state index contributed by atoms with van der Waals surface area (Å²) in [5.74, 6) is -3.22. The van der Waals surface area contributed by atoms with Crippen molar-refractivity contribution in [1.29, 1.82) is 0 Å². The lowest BCUT2D eigenvalue weighted by atomic mass is 9.85. The number of benzene rings is 2. The molecule has 6 heteroatoms. The van der Waals surface area contributed by atoms with E-state index in [4.69, 9.17) is 5.11 Å². The maximum absolute atomic E-state index is 14.3. The second-order valence-corrected chi connectivity index (χ2v) is 9.78. The van der Waals surface area contributed by atoms with Crippen LogP contribution in [0.2, 0.25) is 0 Å². The van der Waals surface area contributed by atoms with Crippen LogP contribution in [0.15, 0.2) is 36.4 Å². The Labute approximate surface area is 183 Å². The Morgan fingerprint density at radius 3 is 2.19 bits per heavy atom. The lowest BCUT2D eigenvalue weighted by Gasteiger charge is -2.29. The highest BCUT2D eigenvalue weighted by atomic mass is 19.2. The van der Waals surface area contributed by atoms with E-state index in [1.807, 2.05) is 13.8 Å². The van der Waals surface area contributed by atoms with Gasteiger partial charge in [0, 0.05) is 24.1 Å². The van der Waals surface area contributed by atoms with E-state index >= 15 is 0 Å². The first-order valence-corrected chi connectivity index (χ1v) is 10.5. The van der Waals surface area contributed by atoms with Gasteiger partial charge in [-0.15, -0.1) is 0 Å². The van der Waals surface area contributed by atoms with Crippen LogP contribution in [-0.4, -0.2) is 28.3 Å². The zero-order valence-corrected chi connectivity index (χ0v) is 18.9. The summed E-state index contributed by atoms with van der Waals surface area (Å²) in [6.45, 7) is 10.5. The normalized spacial score (nSPS) is 13.3. The van der Waals surface area contributed by atoms with Crippen LogP contribution in [0.25, 0.3) is 0 Å². The SMILES string of the molecule is CC(C)(Cc1ccc(C(C)(C)C)cc1)NC[C@@H](O)c1cc(CCC(=O)O)cc(F)c1F. The van der Waals surface area contributed by atoms with Gasteiger partial charge in [0.2, 0.25) is 0 Å². The Kier molecular flexibility index (Phi) is 7.95. The highest BCUT2D eigenvalue weighted by Gasteiger charge is 2.23. The van der Waals surface area contributed by atoms with E-state index in [1.54, 1.807) is 0 Å². The molecule has 0 fully saturated rings. The Balaban J connectivity index is 2.05. The Hall–Kier alpha value is -2.31. The van der Waals surface area contributed by atoms with Gasteiger partial charge < -0.3 is 15.5 Å². The molecule has 0 spiro atoms. The average molecular weight is 434 g/mol. The van der Waals surface area contributed by atoms with Crippen LogP contribution in [-0.2, 0) is 23.1 Å². The average Bonchev–Trinajstić information content (AvgIpc) is 2.66. The largest absolute Gasteiger partial charge is 0.481 e. The van der Waals surface area contributed by atoms with Gasteiger partial charge >= 0.3 is 5.97 Å². The highest BCUT2D eigenvalue weighted by molar-refractivity contribution is 5.67. The number of halogens is 2. The molecule has 0 aliphatic heterocycles. The van der Waals surface area contributed by atoms with Gasteiger partial charge in [-0.25, -0.2) is 8.78 Å². The van der Waals surface area contributed by atoms with E-state index in [9.17, 15) is 18.7 Å². The van der Waals surface area contributed by atoms with Crippen LogP contribution >= 0.6 is 0 Å². The molecule has 2 aromatic carbocycles. The number of nitrogens with one attached hydrogen (secondary N) is 1. The zero-order chi connectivity index (χ0) is 23.4. The minimum atomic E-state index is -1.26. The molecule has 0 amide bonds. The van der Waals surface area contributed by atoms with E-state index in [2.05, 4.69) is 50.4 Å². The minimum absolute atomic E-state index is 0.0336. The molecule has 4 nitrogen and oxygen atoms in total. The molecule has 0 unspecified atom stereocenters. The Bertz CT molecular complexity index is 902. The van der Waals surface area contributed by atoms with Crippen molar-refractivity contribution in [2.24, 2.45) is 0 Å². The molecule has 0 aliphatic carbocycles. The standard InChI is InChI=1S/C25H33F2NO3/c1-24(2,3)18-9-6-16(7-10-18)14-25(4,5)28-15-21(29)19-12-17(8-11-22(30)31)13-20(26)23(19)27/h6-7,9-10,12-13,21,28-29H,8,11,14-15H2,1-5H3,(H,30,31)/t21-/m1/s1. The van der Waals surface area contributed by atoms with E-state index < -0.39 is 23.7 Å². The van der Waals surface area contributed by atoms with Gasteiger partial charge in [-0.3, -0.25) is 4.79 Å². The summed E-state index contributed by atoms with van der Waals surface area (Å²) in [6.07, 6.45) is -0.697. The number of aliphatic hydroxyl groups is 1. The predicted molar refractivity (Wildman–Crippen MR) is 118 cm³/mol. The van der Waals surface area contributed by atoms with Crippen LogP contribution in [0.4, 0.5) is 8.78 Å². The summed E-state index contributed by atoms with van der Waals surface area (Å²) in [5.41, 5.74) is 2.24. The first-order valence-electron chi connectivity index (χ1n) is 10.5. The summed E-state index contributed by atoms with van der Waals surface area (Å²) in [4.78, 5) is 10.7. The van der Waals surface area contributed by atoms with Crippen molar-refractivity contribution in [2.45, 2.75) is 70.9 Å². The molecule has 0 saturated heterocycles. The zero-order valence-electron chi connectivity index (χ0n) is 18.9. The van der Waals surface area contributed by atoms with Crippen molar-refractivity contribution >= 4 is 5.97 Å². The summed E-state index contributed by atoms with van der Waals surface area (Å²) in [7, 11) is 0. The number of hydrogen-bond acceptors (Lipinski definition) is 3. The fraction of sp³-hybridized carbons (Fsp3) is 0.480. The van der Waals surface area contributed by atoms with Crippen LogP contribution < -0.4 is 5.32 Å². The molecule has 0 aliphatic rings. The number of carbonyl (C=O) groups is 1. The predicted octanol–water partition coefficient (Wildman–Crippen LogP) is 4.92. The Morgan fingerprint density at radius 2 is 1.65 bits per heavy atom. The van der Waals surface area contributed by atoms with Gasteiger partial charge in [0.15, 0.2) is 11.6 Å². The molecule has 0 saturated carbocycles. The van der Waals surface area contributed by atoms with Gasteiger partial charge in [-0.2, -0.15) is 0 Å². The number of carboxylic acids is 1. The van der Waals surface area contributed by atoms with Gasteiger partial charge in [0.1, 0.15) is 0 Å². The molecule has 170 valence electrons. The topological polar surface area (TPSA) is 69.6 Å². The molecule has 2 aromatic rings. The molecule has 0 aromatic heterocycles. The number of aliphatic hydroxyl groups excluding tert-OH is 1. The third kappa shape index (κ3) is 7.40. The molecule has 3 N–H and O–H groups in total. The van der Waals surface area contributed by atoms with Crippen molar-refractivity contribution in [2.75, 3.05) is 6.54 Å². The van der Waals surface area contributed by atoms with Crippen molar-refractivity contribution in [3.05, 3.63) is 70.3 Å². The first-order chi connectivity index (χ1) is 14.3. The monoisotopic (exact) mass is 433 g/mol. The van der Waals surface area contributed by atoms with Crippen molar-refractivity contribution in [1.82, 2.24) is 5.32 Å². The number of carboxylic acid groups (broad SMARTS) is 1. The van der Waals surface area contributed by atoms with E-state index in [-0.39, 0.29) is 35.9 Å². The van der Waals surface area contributed by atoms with Crippen molar-refractivity contribution < 1.29 is 23.8 Å². The number of hydrogen-bond donors (Lipinski definition) is 3. The maximum atomic E-state index is 14.3. The first kappa shape index (κ1) is 25.0. The second-order valence-electron chi connectivity index (χ2n) is 9.78. The Morgan fingerprint density at radius 1 is 1.03 bits per heavy atom. The van der Waals surface area contributed by atoms with Gasteiger partial charge in [0.25, 0.3) is 0 Å². The summed E-state index contributed by atoms with van der Waals surface area (Å²) in [5, 5.41) is 22.5. The molecule has 0 bridgehead atoms.